The van der Waals surface area contributed by atoms with E-state index in [1.807, 2.05) is 17.8 Å². The number of hydrogen-bond donors (Lipinski definition) is 0. The van der Waals surface area contributed by atoms with E-state index in [0.717, 1.165) is 18.5 Å². The summed E-state index contributed by atoms with van der Waals surface area (Å²) in [5.74, 6) is 0. The van der Waals surface area contributed by atoms with Crippen LogP contribution < -0.4 is 0 Å². The molecule has 1 rings (SSSR count). The molecule has 0 amide bonds. The zero-order valence-electron chi connectivity index (χ0n) is 10.8. The van der Waals surface area contributed by atoms with Crippen LogP contribution in [0.4, 0.5) is 0 Å². The van der Waals surface area contributed by atoms with E-state index in [4.69, 9.17) is 0 Å². The van der Waals surface area contributed by atoms with Crippen molar-refractivity contribution in [3.63, 3.8) is 0 Å². The van der Waals surface area contributed by atoms with Crippen molar-refractivity contribution < 1.29 is 0 Å². The second-order valence-electron chi connectivity index (χ2n) is 5.89. The maximum atomic E-state index is 4.21. The average Bonchev–Trinajstić information content (AvgIpc) is 2.49. The Hall–Kier alpha value is -0.860. The lowest BCUT2D eigenvalue weighted by molar-refractivity contribution is 0.169. The molecule has 0 aliphatic rings. The van der Waals surface area contributed by atoms with Crippen molar-refractivity contribution in [3.8, 4) is 0 Å². The SMILES string of the molecule is CCC(C)(CC(C)(C)C)n1cc(C)nn1. The minimum absolute atomic E-state index is 0.0828. The third-order valence-corrected chi connectivity index (χ3v) is 2.83. The molecule has 3 nitrogen and oxygen atoms in total. The molecule has 1 unspecified atom stereocenters. The number of aryl methyl sites for hydroxylation is 1. The van der Waals surface area contributed by atoms with E-state index in [0.29, 0.717) is 5.41 Å². The summed E-state index contributed by atoms with van der Waals surface area (Å²) in [4.78, 5) is 0. The molecule has 0 spiro atoms. The number of aromatic nitrogens is 3. The van der Waals surface area contributed by atoms with Crippen molar-refractivity contribution in [3.05, 3.63) is 11.9 Å². The molecule has 0 N–H and O–H groups in total. The molecule has 1 aromatic heterocycles. The smallest absolute Gasteiger partial charge is 0.0796 e. The highest BCUT2D eigenvalue weighted by molar-refractivity contribution is 4.93. The minimum atomic E-state index is 0.0828. The standard InChI is InChI=1S/C12H23N3/c1-7-12(6,9-11(3,4)5)15-8-10(2)13-14-15/h8H,7,9H2,1-6H3. The van der Waals surface area contributed by atoms with Crippen molar-refractivity contribution in [2.24, 2.45) is 5.41 Å². The molecular weight excluding hydrogens is 186 g/mol. The second kappa shape index (κ2) is 3.95. The van der Waals surface area contributed by atoms with Crippen molar-refractivity contribution >= 4 is 0 Å². The molecule has 0 saturated heterocycles. The quantitative estimate of drug-likeness (QED) is 0.765. The molecule has 0 aliphatic heterocycles. The van der Waals surface area contributed by atoms with Gasteiger partial charge in [-0.15, -0.1) is 5.10 Å². The first kappa shape index (κ1) is 12.2. The largest absolute Gasteiger partial charge is 0.246 e. The van der Waals surface area contributed by atoms with Gasteiger partial charge in [-0.25, -0.2) is 4.68 Å². The van der Waals surface area contributed by atoms with Gasteiger partial charge in [-0.3, -0.25) is 0 Å². The van der Waals surface area contributed by atoms with Gasteiger partial charge in [-0.2, -0.15) is 0 Å². The topological polar surface area (TPSA) is 30.7 Å². The van der Waals surface area contributed by atoms with Crippen LogP contribution >= 0.6 is 0 Å². The van der Waals surface area contributed by atoms with Crippen LogP contribution in [0.3, 0.4) is 0 Å². The summed E-state index contributed by atoms with van der Waals surface area (Å²) in [6.07, 6.45) is 4.22. The highest BCUT2D eigenvalue weighted by atomic mass is 15.4. The molecule has 1 aromatic rings. The molecule has 1 heterocycles. The Morgan fingerprint density at radius 3 is 2.20 bits per heavy atom. The molecule has 0 aliphatic carbocycles. The number of hydrogen-bond acceptors (Lipinski definition) is 2. The van der Waals surface area contributed by atoms with E-state index in [1.54, 1.807) is 0 Å². The Morgan fingerprint density at radius 2 is 1.87 bits per heavy atom. The van der Waals surface area contributed by atoms with E-state index < -0.39 is 0 Å². The molecule has 1 atom stereocenters. The average molecular weight is 209 g/mol. The molecule has 0 saturated carbocycles. The van der Waals surface area contributed by atoms with Crippen LogP contribution in [0.25, 0.3) is 0 Å². The summed E-state index contributed by atoms with van der Waals surface area (Å²) < 4.78 is 2.02. The van der Waals surface area contributed by atoms with Gasteiger partial charge in [0.05, 0.1) is 11.2 Å². The fourth-order valence-electron chi connectivity index (χ4n) is 2.12. The van der Waals surface area contributed by atoms with Crippen molar-refractivity contribution in [2.45, 2.75) is 59.9 Å². The fourth-order valence-corrected chi connectivity index (χ4v) is 2.12. The van der Waals surface area contributed by atoms with Crippen molar-refractivity contribution in [1.82, 2.24) is 15.0 Å². The Morgan fingerprint density at radius 1 is 1.27 bits per heavy atom. The van der Waals surface area contributed by atoms with Crippen LogP contribution in [-0.2, 0) is 5.54 Å². The molecular formula is C12H23N3. The van der Waals surface area contributed by atoms with E-state index in [-0.39, 0.29) is 5.54 Å². The third kappa shape index (κ3) is 3.05. The Labute approximate surface area is 92.9 Å². The summed E-state index contributed by atoms with van der Waals surface area (Å²) in [5, 5.41) is 8.28. The lowest BCUT2D eigenvalue weighted by atomic mass is 9.79. The number of rotatable bonds is 3. The van der Waals surface area contributed by atoms with Crippen LogP contribution in [0.15, 0.2) is 6.20 Å². The molecule has 0 radical (unpaired) electrons. The lowest BCUT2D eigenvalue weighted by Gasteiger charge is -2.34. The minimum Gasteiger partial charge on any atom is -0.246 e. The van der Waals surface area contributed by atoms with E-state index in [9.17, 15) is 0 Å². The number of nitrogens with zero attached hydrogens (tertiary/aromatic N) is 3. The van der Waals surface area contributed by atoms with Gasteiger partial charge >= 0.3 is 0 Å². The fraction of sp³-hybridized carbons (Fsp3) is 0.833. The van der Waals surface area contributed by atoms with E-state index in [2.05, 4.69) is 44.9 Å². The highest BCUT2D eigenvalue weighted by Crippen LogP contribution is 2.34. The first-order valence-corrected chi connectivity index (χ1v) is 5.66. The van der Waals surface area contributed by atoms with Gasteiger partial charge in [0, 0.05) is 6.20 Å². The van der Waals surface area contributed by atoms with Crippen LogP contribution in [-0.4, -0.2) is 15.0 Å². The Bertz CT molecular complexity index is 322. The predicted octanol–water partition coefficient (Wildman–Crippen LogP) is 3.15. The van der Waals surface area contributed by atoms with Gasteiger partial charge in [0.2, 0.25) is 0 Å². The van der Waals surface area contributed by atoms with E-state index in [1.165, 1.54) is 0 Å². The van der Waals surface area contributed by atoms with Crippen LogP contribution in [0, 0.1) is 12.3 Å². The van der Waals surface area contributed by atoms with Crippen LogP contribution in [0.2, 0.25) is 0 Å². The highest BCUT2D eigenvalue weighted by Gasteiger charge is 2.31. The summed E-state index contributed by atoms with van der Waals surface area (Å²) >= 11 is 0. The summed E-state index contributed by atoms with van der Waals surface area (Å²) in [6.45, 7) is 13.3. The Kier molecular flexibility index (Phi) is 3.22. The molecule has 3 heteroatoms. The van der Waals surface area contributed by atoms with E-state index >= 15 is 0 Å². The monoisotopic (exact) mass is 209 g/mol. The van der Waals surface area contributed by atoms with Gasteiger partial charge in [-0.05, 0) is 32.1 Å². The maximum absolute atomic E-state index is 4.21. The lowest BCUT2D eigenvalue weighted by Crippen LogP contribution is -2.34. The molecule has 0 bridgehead atoms. The van der Waals surface area contributed by atoms with Crippen LogP contribution in [0.5, 0.6) is 0 Å². The molecule has 86 valence electrons. The first-order valence-electron chi connectivity index (χ1n) is 5.66. The maximum Gasteiger partial charge on any atom is 0.0796 e. The summed E-state index contributed by atoms with van der Waals surface area (Å²) in [6, 6.07) is 0. The van der Waals surface area contributed by atoms with Gasteiger partial charge in [0.15, 0.2) is 0 Å². The predicted molar refractivity (Wildman–Crippen MR) is 62.8 cm³/mol. The first-order chi connectivity index (χ1) is 6.77. The van der Waals surface area contributed by atoms with Gasteiger partial charge in [0.1, 0.15) is 0 Å². The van der Waals surface area contributed by atoms with Crippen LogP contribution in [0.1, 0.15) is 53.2 Å². The zero-order valence-corrected chi connectivity index (χ0v) is 10.8. The van der Waals surface area contributed by atoms with Gasteiger partial charge in [-0.1, -0.05) is 32.9 Å². The molecule has 0 aromatic carbocycles. The summed E-state index contributed by atoms with van der Waals surface area (Å²) in [5.41, 5.74) is 1.38. The normalized spacial score (nSPS) is 16.4. The Balaban J connectivity index is 2.95. The zero-order chi connectivity index (χ0) is 11.7. The van der Waals surface area contributed by atoms with Crippen molar-refractivity contribution in [2.75, 3.05) is 0 Å². The summed E-state index contributed by atoms with van der Waals surface area (Å²) in [7, 11) is 0. The second-order valence-corrected chi connectivity index (χ2v) is 5.89. The molecule has 15 heavy (non-hydrogen) atoms. The van der Waals surface area contributed by atoms with Gasteiger partial charge < -0.3 is 0 Å². The third-order valence-electron chi connectivity index (χ3n) is 2.83. The molecule has 0 fully saturated rings. The van der Waals surface area contributed by atoms with Crippen molar-refractivity contribution in [1.29, 1.82) is 0 Å². The van der Waals surface area contributed by atoms with Gasteiger partial charge in [0.25, 0.3) is 0 Å².